The van der Waals surface area contributed by atoms with Crippen molar-refractivity contribution in [1.82, 2.24) is 9.21 Å². The van der Waals surface area contributed by atoms with Crippen LogP contribution in [0, 0.1) is 6.92 Å². The van der Waals surface area contributed by atoms with Crippen LogP contribution in [0.5, 0.6) is 5.75 Å². The number of hydrogen-bond acceptors (Lipinski definition) is 4. The lowest BCUT2D eigenvalue weighted by Crippen LogP contribution is -2.51. The molecule has 1 fully saturated rings. The highest BCUT2D eigenvalue weighted by Gasteiger charge is 2.31. The van der Waals surface area contributed by atoms with E-state index in [1.54, 1.807) is 16.4 Å². The SMILES string of the molecule is CCC(C)N1CCN(S(=O)(=O)c2cc(C)ccc2OC)CC1. The van der Waals surface area contributed by atoms with Gasteiger partial charge in [-0.15, -0.1) is 0 Å². The van der Waals surface area contributed by atoms with Crippen molar-refractivity contribution in [1.29, 1.82) is 0 Å². The minimum absolute atomic E-state index is 0.270. The average molecular weight is 326 g/mol. The van der Waals surface area contributed by atoms with Gasteiger partial charge in [-0.05, 0) is 38.0 Å². The fourth-order valence-corrected chi connectivity index (χ4v) is 4.43. The van der Waals surface area contributed by atoms with Crippen molar-refractivity contribution in [2.24, 2.45) is 0 Å². The lowest BCUT2D eigenvalue weighted by atomic mass is 10.2. The van der Waals surface area contributed by atoms with Crippen molar-refractivity contribution >= 4 is 10.0 Å². The molecule has 0 spiro atoms. The molecule has 0 N–H and O–H groups in total. The first kappa shape index (κ1) is 17.2. The second kappa shape index (κ2) is 6.98. The van der Waals surface area contributed by atoms with Gasteiger partial charge in [-0.3, -0.25) is 4.90 Å². The molecule has 0 radical (unpaired) electrons. The van der Waals surface area contributed by atoms with E-state index >= 15 is 0 Å². The summed E-state index contributed by atoms with van der Waals surface area (Å²) in [4.78, 5) is 2.62. The first-order valence-electron chi connectivity index (χ1n) is 7.79. The number of methoxy groups -OCH3 is 1. The van der Waals surface area contributed by atoms with E-state index in [-0.39, 0.29) is 4.90 Å². The molecule has 1 heterocycles. The fraction of sp³-hybridized carbons (Fsp3) is 0.625. The largest absolute Gasteiger partial charge is 0.495 e. The minimum Gasteiger partial charge on any atom is -0.495 e. The quantitative estimate of drug-likeness (QED) is 0.831. The smallest absolute Gasteiger partial charge is 0.246 e. The summed E-state index contributed by atoms with van der Waals surface area (Å²) in [5.74, 6) is 0.412. The highest BCUT2D eigenvalue weighted by molar-refractivity contribution is 7.89. The van der Waals surface area contributed by atoms with Crippen molar-refractivity contribution in [3.63, 3.8) is 0 Å². The number of nitrogens with zero attached hydrogens (tertiary/aromatic N) is 2. The Morgan fingerprint density at radius 3 is 2.41 bits per heavy atom. The molecule has 1 aromatic rings. The minimum atomic E-state index is -3.50. The molecule has 0 aromatic heterocycles. The summed E-state index contributed by atoms with van der Waals surface area (Å²) in [5, 5.41) is 0. The normalized spacial score (nSPS) is 19.1. The summed E-state index contributed by atoms with van der Waals surface area (Å²) in [7, 11) is -2.00. The topological polar surface area (TPSA) is 49.9 Å². The maximum Gasteiger partial charge on any atom is 0.246 e. The van der Waals surface area contributed by atoms with Crippen molar-refractivity contribution in [3.8, 4) is 5.75 Å². The second-order valence-electron chi connectivity index (χ2n) is 5.85. The number of benzene rings is 1. The number of rotatable bonds is 5. The van der Waals surface area contributed by atoms with Gasteiger partial charge in [0.05, 0.1) is 7.11 Å². The molecule has 1 atom stereocenters. The van der Waals surface area contributed by atoms with Gasteiger partial charge in [-0.2, -0.15) is 4.31 Å². The van der Waals surface area contributed by atoms with Crippen LogP contribution in [0.2, 0.25) is 0 Å². The zero-order chi connectivity index (χ0) is 16.3. The number of hydrogen-bond donors (Lipinski definition) is 0. The number of aryl methyl sites for hydroxylation is 1. The molecule has 1 unspecified atom stereocenters. The van der Waals surface area contributed by atoms with Gasteiger partial charge in [-0.25, -0.2) is 8.42 Å². The van der Waals surface area contributed by atoms with E-state index in [1.807, 2.05) is 13.0 Å². The maximum absolute atomic E-state index is 12.9. The van der Waals surface area contributed by atoms with Gasteiger partial charge in [0.25, 0.3) is 0 Å². The molecular formula is C16H26N2O3S. The van der Waals surface area contributed by atoms with Gasteiger partial charge in [-0.1, -0.05) is 13.0 Å². The molecule has 0 bridgehead atoms. The summed E-state index contributed by atoms with van der Waals surface area (Å²) >= 11 is 0. The van der Waals surface area contributed by atoms with E-state index in [0.717, 1.165) is 25.1 Å². The van der Waals surface area contributed by atoms with Gasteiger partial charge >= 0.3 is 0 Å². The Hall–Kier alpha value is -1.11. The van der Waals surface area contributed by atoms with E-state index in [0.29, 0.717) is 24.9 Å². The van der Waals surface area contributed by atoms with Crippen LogP contribution >= 0.6 is 0 Å². The Labute approximate surface area is 133 Å². The summed E-state index contributed by atoms with van der Waals surface area (Å²) in [6, 6.07) is 5.77. The predicted molar refractivity (Wildman–Crippen MR) is 87.8 cm³/mol. The third kappa shape index (κ3) is 3.45. The molecule has 0 aliphatic carbocycles. The number of sulfonamides is 1. The van der Waals surface area contributed by atoms with Crippen LogP contribution < -0.4 is 4.74 Å². The van der Waals surface area contributed by atoms with E-state index in [9.17, 15) is 8.42 Å². The Balaban J connectivity index is 2.21. The fourth-order valence-electron chi connectivity index (χ4n) is 2.77. The standard InChI is InChI=1S/C16H26N2O3S/c1-5-14(3)17-8-10-18(11-9-17)22(19,20)16-12-13(2)6-7-15(16)21-4/h6-7,12,14H,5,8-11H2,1-4H3. The van der Waals surface area contributed by atoms with Gasteiger partial charge in [0.1, 0.15) is 10.6 Å². The average Bonchev–Trinajstić information content (AvgIpc) is 2.54. The molecule has 5 nitrogen and oxygen atoms in total. The van der Waals surface area contributed by atoms with Crippen LogP contribution in [-0.2, 0) is 10.0 Å². The molecular weight excluding hydrogens is 300 g/mol. The van der Waals surface area contributed by atoms with Crippen LogP contribution in [0.25, 0.3) is 0 Å². The van der Waals surface area contributed by atoms with Gasteiger partial charge in [0.15, 0.2) is 0 Å². The van der Waals surface area contributed by atoms with Crippen molar-refractivity contribution in [2.75, 3.05) is 33.3 Å². The summed E-state index contributed by atoms with van der Waals surface area (Å²) in [6.07, 6.45) is 1.08. The third-order valence-electron chi connectivity index (χ3n) is 4.42. The Morgan fingerprint density at radius 1 is 1.23 bits per heavy atom. The molecule has 22 heavy (non-hydrogen) atoms. The highest BCUT2D eigenvalue weighted by Crippen LogP contribution is 2.28. The van der Waals surface area contributed by atoms with Crippen LogP contribution in [-0.4, -0.2) is 57.0 Å². The number of ether oxygens (including phenoxy) is 1. The summed E-state index contributed by atoms with van der Waals surface area (Å²) in [5.41, 5.74) is 0.914. The zero-order valence-electron chi connectivity index (χ0n) is 13.9. The van der Waals surface area contributed by atoms with Crippen molar-refractivity contribution < 1.29 is 13.2 Å². The zero-order valence-corrected chi connectivity index (χ0v) is 14.7. The first-order chi connectivity index (χ1) is 10.4. The number of piperazine rings is 1. The molecule has 124 valence electrons. The molecule has 1 aliphatic rings. The van der Waals surface area contributed by atoms with Gasteiger partial charge in [0, 0.05) is 32.2 Å². The lowest BCUT2D eigenvalue weighted by molar-refractivity contribution is 0.142. The Morgan fingerprint density at radius 2 is 1.86 bits per heavy atom. The monoisotopic (exact) mass is 326 g/mol. The molecule has 1 saturated heterocycles. The second-order valence-corrected chi connectivity index (χ2v) is 7.76. The van der Waals surface area contributed by atoms with Gasteiger partial charge < -0.3 is 4.74 Å². The first-order valence-corrected chi connectivity index (χ1v) is 9.23. The summed E-state index contributed by atoms with van der Waals surface area (Å²) < 4.78 is 32.6. The summed E-state index contributed by atoms with van der Waals surface area (Å²) in [6.45, 7) is 8.86. The van der Waals surface area contributed by atoms with Crippen LogP contribution in [0.4, 0.5) is 0 Å². The molecule has 1 aromatic carbocycles. The molecule has 1 aliphatic heterocycles. The van der Waals surface area contributed by atoms with E-state index in [2.05, 4.69) is 18.7 Å². The van der Waals surface area contributed by atoms with Crippen LogP contribution in [0.15, 0.2) is 23.1 Å². The van der Waals surface area contributed by atoms with Crippen molar-refractivity contribution in [2.45, 2.75) is 38.1 Å². The predicted octanol–water partition coefficient (Wildman–Crippen LogP) is 2.11. The third-order valence-corrected chi connectivity index (χ3v) is 6.34. The highest BCUT2D eigenvalue weighted by atomic mass is 32.2. The molecule has 0 amide bonds. The Kier molecular flexibility index (Phi) is 5.47. The van der Waals surface area contributed by atoms with E-state index in [1.165, 1.54) is 7.11 Å². The lowest BCUT2D eigenvalue weighted by Gasteiger charge is -2.37. The van der Waals surface area contributed by atoms with E-state index in [4.69, 9.17) is 4.74 Å². The van der Waals surface area contributed by atoms with Gasteiger partial charge in [0.2, 0.25) is 10.0 Å². The molecule has 0 saturated carbocycles. The van der Waals surface area contributed by atoms with Crippen LogP contribution in [0.1, 0.15) is 25.8 Å². The van der Waals surface area contributed by atoms with E-state index < -0.39 is 10.0 Å². The molecule has 2 rings (SSSR count). The van der Waals surface area contributed by atoms with Crippen molar-refractivity contribution in [3.05, 3.63) is 23.8 Å². The maximum atomic E-state index is 12.9. The molecule has 6 heteroatoms. The van der Waals surface area contributed by atoms with Crippen LogP contribution in [0.3, 0.4) is 0 Å². The Bertz CT molecular complexity index is 608.